The summed E-state index contributed by atoms with van der Waals surface area (Å²) in [6.45, 7) is 1.94. The number of hydrogen-bond acceptors (Lipinski definition) is 3. The van der Waals surface area contributed by atoms with Crippen LogP contribution >= 0.6 is 23.1 Å². The average Bonchev–Trinajstić information content (AvgIpc) is 2.66. The highest BCUT2D eigenvalue weighted by atomic mass is 35.5. The number of hydrogen-bond donors (Lipinski definition) is 0. The average molecular weight is 238 g/mol. The molecule has 0 bridgehead atoms. The predicted molar refractivity (Wildman–Crippen MR) is 62.7 cm³/mol. The van der Waals surface area contributed by atoms with Crippen molar-refractivity contribution in [3.63, 3.8) is 0 Å². The number of benzene rings is 1. The van der Waals surface area contributed by atoms with Crippen LogP contribution in [0.2, 0.25) is 5.02 Å². The summed E-state index contributed by atoms with van der Waals surface area (Å²) >= 11 is 7.26. The molecule has 0 saturated carbocycles. The number of halogens is 1. The van der Waals surface area contributed by atoms with Crippen LogP contribution in [-0.2, 0) is 0 Å². The molecule has 0 amide bonds. The first-order valence-corrected chi connectivity index (χ1v) is 5.54. The molecule has 1 aromatic heterocycles. The van der Waals surface area contributed by atoms with Crippen molar-refractivity contribution in [3.05, 3.63) is 40.5 Å². The van der Waals surface area contributed by atoms with Crippen LogP contribution < -0.4 is 0 Å². The highest BCUT2D eigenvalue weighted by Crippen LogP contribution is 2.27. The Labute approximate surface area is 96.7 Å². The van der Waals surface area contributed by atoms with Crippen LogP contribution in [0, 0.1) is 6.92 Å². The van der Waals surface area contributed by atoms with Gasteiger partial charge in [-0.2, -0.15) is 4.37 Å². The van der Waals surface area contributed by atoms with Gasteiger partial charge in [0.2, 0.25) is 0 Å². The first-order chi connectivity index (χ1) is 7.20. The van der Waals surface area contributed by atoms with Gasteiger partial charge in [-0.3, -0.25) is 4.79 Å². The summed E-state index contributed by atoms with van der Waals surface area (Å²) in [5.41, 5.74) is 2.48. The minimum absolute atomic E-state index is 0.481. The van der Waals surface area contributed by atoms with Gasteiger partial charge in [-0.25, -0.2) is 0 Å². The molecular formula is C11H8ClNOS. The molecule has 2 nitrogen and oxygen atoms in total. The summed E-state index contributed by atoms with van der Waals surface area (Å²) in [4.78, 5) is 11.8. The number of rotatable bonds is 2. The van der Waals surface area contributed by atoms with Crippen molar-refractivity contribution < 1.29 is 4.79 Å². The lowest BCUT2D eigenvalue weighted by Crippen LogP contribution is -1.82. The third kappa shape index (κ3) is 2.08. The van der Waals surface area contributed by atoms with E-state index >= 15 is 0 Å². The van der Waals surface area contributed by atoms with Gasteiger partial charge >= 0.3 is 0 Å². The zero-order valence-corrected chi connectivity index (χ0v) is 9.60. The van der Waals surface area contributed by atoms with E-state index < -0.39 is 0 Å². The standard InChI is InChI=1S/C11H8ClNOS/c1-7-4-11(15-13-7)8-2-3-10(12)9(5-8)6-14/h2-6H,1H3. The van der Waals surface area contributed by atoms with Crippen molar-refractivity contribution in [2.75, 3.05) is 0 Å². The van der Waals surface area contributed by atoms with Crippen LogP contribution in [0.5, 0.6) is 0 Å². The maximum Gasteiger partial charge on any atom is 0.151 e. The van der Waals surface area contributed by atoms with Crippen LogP contribution in [-0.4, -0.2) is 10.7 Å². The van der Waals surface area contributed by atoms with Gasteiger partial charge in [0.25, 0.3) is 0 Å². The summed E-state index contributed by atoms with van der Waals surface area (Å²) < 4.78 is 4.19. The van der Waals surface area contributed by atoms with Gasteiger partial charge in [-0.05, 0) is 42.2 Å². The molecule has 0 aliphatic heterocycles. The van der Waals surface area contributed by atoms with Crippen molar-refractivity contribution >= 4 is 29.4 Å². The SMILES string of the molecule is Cc1cc(-c2ccc(Cl)c(C=O)c2)sn1. The fourth-order valence-corrected chi connectivity index (χ4v) is 2.20. The Morgan fingerprint density at radius 2 is 2.20 bits per heavy atom. The topological polar surface area (TPSA) is 30.0 Å². The zero-order chi connectivity index (χ0) is 10.8. The number of carbonyl (C=O) groups is 1. The Morgan fingerprint density at radius 3 is 2.80 bits per heavy atom. The molecule has 4 heteroatoms. The van der Waals surface area contributed by atoms with E-state index in [0.29, 0.717) is 10.6 Å². The molecule has 0 spiro atoms. The third-order valence-electron chi connectivity index (χ3n) is 2.04. The monoisotopic (exact) mass is 237 g/mol. The summed E-state index contributed by atoms with van der Waals surface area (Å²) in [7, 11) is 0. The van der Waals surface area contributed by atoms with E-state index in [9.17, 15) is 4.79 Å². The molecule has 0 atom stereocenters. The summed E-state index contributed by atoms with van der Waals surface area (Å²) in [6, 6.07) is 7.39. The Balaban J connectivity index is 2.50. The lowest BCUT2D eigenvalue weighted by Gasteiger charge is -1.99. The molecule has 0 N–H and O–H groups in total. The molecular weight excluding hydrogens is 230 g/mol. The van der Waals surface area contributed by atoms with Gasteiger partial charge in [-0.1, -0.05) is 17.7 Å². The first kappa shape index (κ1) is 10.3. The van der Waals surface area contributed by atoms with Gasteiger partial charge in [0.15, 0.2) is 6.29 Å². The van der Waals surface area contributed by atoms with E-state index in [1.165, 1.54) is 11.5 Å². The number of aryl methyl sites for hydroxylation is 1. The largest absolute Gasteiger partial charge is 0.298 e. The van der Waals surface area contributed by atoms with Gasteiger partial charge in [-0.15, -0.1) is 0 Å². The molecule has 1 heterocycles. The van der Waals surface area contributed by atoms with Crippen LogP contribution in [0.1, 0.15) is 16.1 Å². The highest BCUT2D eigenvalue weighted by molar-refractivity contribution is 7.09. The fourth-order valence-electron chi connectivity index (χ4n) is 1.29. The van der Waals surface area contributed by atoms with Crippen LogP contribution in [0.3, 0.4) is 0 Å². The quantitative estimate of drug-likeness (QED) is 0.748. The number of aldehydes is 1. The molecule has 0 radical (unpaired) electrons. The van der Waals surface area contributed by atoms with Crippen molar-refractivity contribution in [2.24, 2.45) is 0 Å². The Morgan fingerprint density at radius 1 is 1.40 bits per heavy atom. The van der Waals surface area contributed by atoms with Crippen LogP contribution in [0.15, 0.2) is 24.3 Å². The van der Waals surface area contributed by atoms with Crippen LogP contribution in [0.25, 0.3) is 10.4 Å². The third-order valence-corrected chi connectivity index (χ3v) is 3.31. The van der Waals surface area contributed by atoms with Gasteiger partial charge in [0.1, 0.15) is 0 Å². The lowest BCUT2D eigenvalue weighted by molar-refractivity contribution is 0.112. The Bertz CT molecular complexity index is 507. The van der Waals surface area contributed by atoms with Crippen molar-refractivity contribution in [2.45, 2.75) is 6.92 Å². The summed E-state index contributed by atoms with van der Waals surface area (Å²) in [6.07, 6.45) is 0.764. The van der Waals surface area contributed by atoms with E-state index in [1.807, 2.05) is 19.1 Å². The van der Waals surface area contributed by atoms with E-state index in [-0.39, 0.29) is 0 Å². The van der Waals surface area contributed by atoms with Gasteiger partial charge in [0, 0.05) is 5.56 Å². The molecule has 0 aliphatic rings. The van der Waals surface area contributed by atoms with E-state index in [1.54, 1.807) is 12.1 Å². The molecule has 1 aromatic carbocycles. The van der Waals surface area contributed by atoms with Gasteiger partial charge < -0.3 is 0 Å². The first-order valence-electron chi connectivity index (χ1n) is 4.39. The molecule has 2 rings (SSSR count). The molecule has 76 valence electrons. The maximum absolute atomic E-state index is 10.7. The fraction of sp³-hybridized carbons (Fsp3) is 0.0909. The zero-order valence-electron chi connectivity index (χ0n) is 8.03. The summed E-state index contributed by atoms with van der Waals surface area (Å²) in [5, 5.41) is 0.481. The second-order valence-electron chi connectivity index (χ2n) is 3.19. The molecule has 0 saturated heterocycles. The highest BCUT2D eigenvalue weighted by Gasteiger charge is 2.05. The molecule has 15 heavy (non-hydrogen) atoms. The molecule has 0 unspecified atom stereocenters. The van der Waals surface area contributed by atoms with Crippen molar-refractivity contribution in [1.29, 1.82) is 0 Å². The Hall–Kier alpha value is -1.19. The number of nitrogens with zero attached hydrogens (tertiary/aromatic N) is 1. The Kier molecular flexibility index (Phi) is 2.84. The van der Waals surface area contributed by atoms with E-state index in [4.69, 9.17) is 11.6 Å². The summed E-state index contributed by atoms with van der Waals surface area (Å²) in [5.74, 6) is 0. The molecule has 0 aliphatic carbocycles. The second-order valence-corrected chi connectivity index (χ2v) is 4.40. The normalized spacial score (nSPS) is 10.3. The number of carbonyl (C=O) groups excluding carboxylic acids is 1. The molecule has 2 aromatic rings. The molecule has 0 fully saturated rings. The smallest absolute Gasteiger partial charge is 0.151 e. The van der Waals surface area contributed by atoms with Crippen LogP contribution in [0.4, 0.5) is 0 Å². The van der Waals surface area contributed by atoms with Crippen molar-refractivity contribution in [1.82, 2.24) is 4.37 Å². The van der Waals surface area contributed by atoms with E-state index in [0.717, 1.165) is 22.4 Å². The lowest BCUT2D eigenvalue weighted by atomic mass is 10.1. The predicted octanol–water partition coefficient (Wildman–Crippen LogP) is 3.58. The van der Waals surface area contributed by atoms with Crippen molar-refractivity contribution in [3.8, 4) is 10.4 Å². The minimum Gasteiger partial charge on any atom is -0.298 e. The number of aromatic nitrogens is 1. The van der Waals surface area contributed by atoms with Gasteiger partial charge in [0.05, 0.1) is 15.6 Å². The second kappa shape index (κ2) is 4.13. The van der Waals surface area contributed by atoms with E-state index in [2.05, 4.69) is 4.37 Å². The maximum atomic E-state index is 10.7. The minimum atomic E-state index is 0.481.